The summed E-state index contributed by atoms with van der Waals surface area (Å²) in [5.41, 5.74) is 0. The van der Waals surface area contributed by atoms with Gasteiger partial charge in [0.15, 0.2) is 0 Å². The Morgan fingerprint density at radius 1 is 1.15 bits per heavy atom. The Balaban J connectivity index is 3.50. The van der Waals surface area contributed by atoms with E-state index in [4.69, 9.17) is 9.84 Å². The molecule has 1 atom stereocenters. The Labute approximate surface area is 129 Å². The topological polar surface area (TPSA) is 63.6 Å². The van der Waals surface area contributed by atoms with Gasteiger partial charge in [0.2, 0.25) is 0 Å². The van der Waals surface area contributed by atoms with Crippen LogP contribution >= 0.6 is 21.6 Å². The van der Waals surface area contributed by atoms with E-state index in [-0.39, 0.29) is 12.4 Å². The molecule has 0 saturated carbocycles. The third-order valence-corrected chi connectivity index (χ3v) is 5.30. The summed E-state index contributed by atoms with van der Waals surface area (Å²) in [6.45, 7) is 4.83. The van der Waals surface area contributed by atoms with Gasteiger partial charge in [-0.3, -0.25) is 9.59 Å². The van der Waals surface area contributed by atoms with Gasteiger partial charge in [0, 0.05) is 11.5 Å². The number of carboxylic acid groups (broad SMARTS) is 1. The molecule has 0 bridgehead atoms. The second kappa shape index (κ2) is 13.6. The van der Waals surface area contributed by atoms with Crippen LogP contribution in [-0.4, -0.2) is 35.2 Å². The molecule has 0 amide bonds. The summed E-state index contributed by atoms with van der Waals surface area (Å²) in [6.07, 6.45) is 5.10. The molecule has 0 aromatic rings. The van der Waals surface area contributed by atoms with Crippen LogP contribution in [0.1, 0.15) is 52.4 Å². The van der Waals surface area contributed by atoms with Crippen molar-refractivity contribution >= 4 is 33.5 Å². The van der Waals surface area contributed by atoms with Crippen molar-refractivity contribution < 1.29 is 19.4 Å². The van der Waals surface area contributed by atoms with Crippen molar-refractivity contribution in [2.45, 2.75) is 52.4 Å². The van der Waals surface area contributed by atoms with Crippen molar-refractivity contribution in [3.05, 3.63) is 0 Å². The minimum absolute atomic E-state index is 0.147. The molecule has 118 valence electrons. The van der Waals surface area contributed by atoms with E-state index in [0.29, 0.717) is 30.5 Å². The van der Waals surface area contributed by atoms with E-state index in [9.17, 15) is 9.59 Å². The summed E-state index contributed by atoms with van der Waals surface area (Å²) in [5, 5.41) is 8.47. The molecule has 4 nitrogen and oxygen atoms in total. The smallest absolute Gasteiger partial charge is 0.306 e. The summed E-state index contributed by atoms with van der Waals surface area (Å²) in [4.78, 5) is 21.8. The van der Waals surface area contributed by atoms with Crippen LogP contribution in [0.4, 0.5) is 0 Å². The summed E-state index contributed by atoms with van der Waals surface area (Å²) in [5.74, 6) is 0.803. The van der Waals surface area contributed by atoms with Crippen LogP contribution < -0.4 is 0 Å². The molecule has 0 aliphatic rings. The standard InChI is InChI=1S/C14H26O4S2/c1-3-5-6-12(4-2)11-18-14(17)8-10-20-19-9-7-13(15)16/h12H,3-11H2,1-2H3,(H,15,16). The zero-order chi connectivity index (χ0) is 15.2. The third kappa shape index (κ3) is 12.7. The van der Waals surface area contributed by atoms with Crippen molar-refractivity contribution in [1.29, 1.82) is 0 Å². The van der Waals surface area contributed by atoms with Crippen molar-refractivity contribution in [2.75, 3.05) is 18.1 Å². The van der Waals surface area contributed by atoms with Crippen molar-refractivity contribution in [3.63, 3.8) is 0 Å². The molecule has 6 heteroatoms. The largest absolute Gasteiger partial charge is 0.481 e. The van der Waals surface area contributed by atoms with E-state index in [1.807, 2.05) is 0 Å². The minimum Gasteiger partial charge on any atom is -0.481 e. The van der Waals surface area contributed by atoms with Gasteiger partial charge in [0.25, 0.3) is 0 Å². The maximum Gasteiger partial charge on any atom is 0.306 e. The molecule has 0 aliphatic heterocycles. The molecule has 0 rings (SSSR count). The lowest BCUT2D eigenvalue weighted by atomic mass is 10.0. The van der Waals surface area contributed by atoms with Gasteiger partial charge in [-0.1, -0.05) is 54.7 Å². The van der Waals surface area contributed by atoms with Crippen LogP contribution in [0, 0.1) is 5.92 Å². The fourth-order valence-electron chi connectivity index (χ4n) is 1.55. The van der Waals surface area contributed by atoms with Gasteiger partial charge in [0.1, 0.15) is 0 Å². The zero-order valence-electron chi connectivity index (χ0n) is 12.4. The van der Waals surface area contributed by atoms with Gasteiger partial charge in [0.05, 0.1) is 19.4 Å². The van der Waals surface area contributed by atoms with Crippen LogP contribution in [-0.2, 0) is 14.3 Å². The van der Waals surface area contributed by atoms with Crippen LogP contribution in [0.15, 0.2) is 0 Å². The minimum atomic E-state index is -0.782. The second-order valence-corrected chi connectivity index (χ2v) is 7.34. The lowest BCUT2D eigenvalue weighted by Gasteiger charge is -2.14. The number of rotatable bonds is 13. The number of esters is 1. The first-order valence-electron chi connectivity index (χ1n) is 7.21. The van der Waals surface area contributed by atoms with Gasteiger partial charge in [-0.25, -0.2) is 0 Å². The van der Waals surface area contributed by atoms with Gasteiger partial charge < -0.3 is 9.84 Å². The lowest BCUT2D eigenvalue weighted by Crippen LogP contribution is -2.14. The Hall–Kier alpha value is -0.360. The van der Waals surface area contributed by atoms with Gasteiger partial charge in [-0.15, -0.1) is 0 Å². The zero-order valence-corrected chi connectivity index (χ0v) is 14.1. The molecule has 0 aromatic carbocycles. The van der Waals surface area contributed by atoms with Crippen LogP contribution in [0.25, 0.3) is 0 Å². The van der Waals surface area contributed by atoms with Crippen molar-refractivity contribution in [2.24, 2.45) is 5.92 Å². The molecule has 0 aliphatic carbocycles. The summed E-state index contributed by atoms with van der Waals surface area (Å²) in [6, 6.07) is 0. The highest BCUT2D eigenvalue weighted by atomic mass is 33.1. The van der Waals surface area contributed by atoms with Gasteiger partial charge >= 0.3 is 11.9 Å². The Bertz CT molecular complexity index is 272. The molecular weight excluding hydrogens is 296 g/mol. The second-order valence-electron chi connectivity index (χ2n) is 4.64. The molecule has 0 saturated heterocycles. The number of carbonyl (C=O) groups is 2. The Kier molecular flexibility index (Phi) is 13.4. The number of carboxylic acids is 1. The number of ether oxygens (including phenoxy) is 1. The molecule has 20 heavy (non-hydrogen) atoms. The molecule has 0 aromatic heterocycles. The molecule has 0 heterocycles. The summed E-state index contributed by atoms with van der Waals surface area (Å²) < 4.78 is 5.28. The highest BCUT2D eigenvalue weighted by Crippen LogP contribution is 2.23. The summed E-state index contributed by atoms with van der Waals surface area (Å²) >= 11 is 0. The van der Waals surface area contributed by atoms with Crippen LogP contribution in [0.3, 0.4) is 0 Å². The maximum absolute atomic E-state index is 11.5. The van der Waals surface area contributed by atoms with Crippen LogP contribution in [0.2, 0.25) is 0 Å². The lowest BCUT2D eigenvalue weighted by molar-refractivity contribution is -0.144. The SMILES string of the molecule is CCCCC(CC)COC(=O)CCSSCCC(=O)O. The molecule has 0 radical (unpaired) electrons. The number of aliphatic carboxylic acids is 1. The highest BCUT2D eigenvalue weighted by molar-refractivity contribution is 8.76. The average molecular weight is 322 g/mol. The first kappa shape index (κ1) is 19.6. The fourth-order valence-corrected chi connectivity index (χ4v) is 3.50. The molecule has 0 fully saturated rings. The number of carbonyl (C=O) groups excluding carboxylic acids is 1. The highest BCUT2D eigenvalue weighted by Gasteiger charge is 2.10. The quantitative estimate of drug-likeness (QED) is 0.314. The normalized spacial score (nSPS) is 12.1. The number of hydrogen-bond acceptors (Lipinski definition) is 5. The van der Waals surface area contributed by atoms with E-state index in [2.05, 4.69) is 13.8 Å². The molecular formula is C14H26O4S2. The Morgan fingerprint density at radius 2 is 1.80 bits per heavy atom. The van der Waals surface area contributed by atoms with Crippen LogP contribution in [0.5, 0.6) is 0 Å². The first-order valence-corrected chi connectivity index (χ1v) is 9.70. The van der Waals surface area contributed by atoms with Gasteiger partial charge in [-0.05, 0) is 12.3 Å². The van der Waals surface area contributed by atoms with Gasteiger partial charge in [-0.2, -0.15) is 0 Å². The number of hydrogen-bond donors (Lipinski definition) is 1. The van der Waals surface area contributed by atoms with E-state index < -0.39 is 5.97 Å². The summed E-state index contributed by atoms with van der Waals surface area (Å²) in [7, 11) is 3.02. The number of unbranched alkanes of at least 4 members (excludes halogenated alkanes) is 1. The average Bonchev–Trinajstić information content (AvgIpc) is 2.42. The first-order chi connectivity index (χ1) is 9.60. The van der Waals surface area contributed by atoms with E-state index in [1.165, 1.54) is 34.4 Å². The predicted molar refractivity (Wildman–Crippen MR) is 86.1 cm³/mol. The maximum atomic E-state index is 11.5. The fraction of sp³-hybridized carbons (Fsp3) is 0.857. The van der Waals surface area contributed by atoms with Crippen molar-refractivity contribution in [1.82, 2.24) is 0 Å². The van der Waals surface area contributed by atoms with Crippen molar-refractivity contribution in [3.8, 4) is 0 Å². The van der Waals surface area contributed by atoms with E-state index >= 15 is 0 Å². The predicted octanol–water partition coefficient (Wildman–Crippen LogP) is 3.99. The van der Waals surface area contributed by atoms with E-state index in [1.54, 1.807) is 0 Å². The Morgan fingerprint density at radius 3 is 2.35 bits per heavy atom. The molecule has 1 unspecified atom stereocenters. The molecule has 0 spiro atoms. The van der Waals surface area contributed by atoms with E-state index in [0.717, 1.165) is 12.8 Å². The monoisotopic (exact) mass is 322 g/mol. The molecule has 1 N–H and O–H groups in total. The third-order valence-electron chi connectivity index (χ3n) is 2.90.